The summed E-state index contributed by atoms with van der Waals surface area (Å²) < 4.78 is 0. The van der Waals surface area contributed by atoms with E-state index < -0.39 is 0 Å². The van der Waals surface area contributed by atoms with E-state index in [2.05, 4.69) is 12.2 Å². The highest BCUT2D eigenvalue weighted by molar-refractivity contribution is 6.08. The SMILES string of the molecule is O=C(CC(=O)c1ccccc1)CC1=CCCC=C1.[HH]. The van der Waals surface area contributed by atoms with Crippen molar-refractivity contribution in [2.24, 2.45) is 0 Å². The normalized spacial score (nSPS) is 14.1. The smallest absolute Gasteiger partial charge is 0.170 e. The quantitative estimate of drug-likeness (QED) is 0.582. The molecule has 1 aliphatic rings. The Morgan fingerprint density at radius 3 is 2.56 bits per heavy atom. The summed E-state index contributed by atoms with van der Waals surface area (Å²) in [5.74, 6) is -0.109. The molecule has 0 amide bonds. The van der Waals surface area contributed by atoms with Gasteiger partial charge < -0.3 is 0 Å². The van der Waals surface area contributed by atoms with Gasteiger partial charge in [0.2, 0.25) is 0 Å². The third-order valence-electron chi connectivity index (χ3n) is 2.93. The van der Waals surface area contributed by atoms with Gasteiger partial charge in [0.25, 0.3) is 0 Å². The van der Waals surface area contributed by atoms with Crippen LogP contribution in [0.4, 0.5) is 0 Å². The van der Waals surface area contributed by atoms with Gasteiger partial charge in [0.1, 0.15) is 5.78 Å². The van der Waals surface area contributed by atoms with Crippen LogP contribution in [0.2, 0.25) is 0 Å². The lowest BCUT2D eigenvalue weighted by Crippen LogP contribution is -2.08. The molecule has 1 aliphatic carbocycles. The Bertz CT molecular complexity index is 501. The van der Waals surface area contributed by atoms with Gasteiger partial charge in [-0.25, -0.2) is 0 Å². The maximum Gasteiger partial charge on any atom is 0.170 e. The average molecular weight is 242 g/mol. The summed E-state index contributed by atoms with van der Waals surface area (Å²) in [4.78, 5) is 23.6. The largest absolute Gasteiger partial charge is 0.299 e. The van der Waals surface area contributed by atoms with Crippen molar-refractivity contribution in [3.05, 3.63) is 59.7 Å². The van der Waals surface area contributed by atoms with E-state index >= 15 is 0 Å². The minimum Gasteiger partial charge on any atom is -0.299 e. The van der Waals surface area contributed by atoms with E-state index in [-0.39, 0.29) is 19.4 Å². The molecule has 0 aromatic heterocycles. The fourth-order valence-corrected chi connectivity index (χ4v) is 1.99. The molecule has 0 aliphatic heterocycles. The lowest BCUT2D eigenvalue weighted by atomic mass is 9.98. The topological polar surface area (TPSA) is 34.1 Å². The van der Waals surface area contributed by atoms with E-state index in [0.29, 0.717) is 12.0 Å². The van der Waals surface area contributed by atoms with Crippen LogP contribution in [-0.2, 0) is 4.79 Å². The maximum atomic E-state index is 11.8. The zero-order valence-corrected chi connectivity index (χ0v) is 10.3. The molecule has 0 heterocycles. The molecule has 94 valence electrons. The van der Waals surface area contributed by atoms with Gasteiger partial charge in [-0.05, 0) is 18.4 Å². The second-order valence-electron chi connectivity index (χ2n) is 4.44. The number of hydrogen-bond donors (Lipinski definition) is 0. The number of carbonyl (C=O) groups excluding carboxylic acids is 2. The van der Waals surface area contributed by atoms with Crippen LogP contribution >= 0.6 is 0 Å². The standard InChI is InChI=1S/C16H16O2.H2/c17-15(11-13-7-3-1-4-8-13)12-16(18)14-9-5-2-6-10-14;/h2-3,5-10H,1,4,11-12H2;1H. The molecule has 0 N–H and O–H groups in total. The summed E-state index contributed by atoms with van der Waals surface area (Å²) in [6.45, 7) is 0. The van der Waals surface area contributed by atoms with E-state index in [1.807, 2.05) is 24.3 Å². The van der Waals surface area contributed by atoms with Crippen molar-refractivity contribution in [1.82, 2.24) is 0 Å². The first-order valence-corrected chi connectivity index (χ1v) is 6.21. The van der Waals surface area contributed by atoms with Gasteiger partial charge in [0.15, 0.2) is 5.78 Å². The lowest BCUT2D eigenvalue weighted by Gasteiger charge is -2.06. The van der Waals surface area contributed by atoms with Gasteiger partial charge in [-0.1, -0.05) is 48.6 Å². The van der Waals surface area contributed by atoms with Crippen LogP contribution < -0.4 is 0 Å². The lowest BCUT2D eigenvalue weighted by molar-refractivity contribution is -0.117. The summed E-state index contributed by atoms with van der Waals surface area (Å²) >= 11 is 0. The van der Waals surface area contributed by atoms with Gasteiger partial charge in [-0.2, -0.15) is 0 Å². The number of rotatable bonds is 5. The zero-order chi connectivity index (χ0) is 12.8. The van der Waals surface area contributed by atoms with Crippen LogP contribution in [0.1, 0.15) is 37.5 Å². The van der Waals surface area contributed by atoms with Crippen molar-refractivity contribution in [1.29, 1.82) is 0 Å². The highest BCUT2D eigenvalue weighted by atomic mass is 16.1. The Hall–Kier alpha value is -1.96. The fraction of sp³-hybridized carbons (Fsp3) is 0.250. The molecule has 0 atom stereocenters. The third-order valence-corrected chi connectivity index (χ3v) is 2.93. The molecular formula is C16H18O2. The second-order valence-corrected chi connectivity index (χ2v) is 4.44. The summed E-state index contributed by atoms with van der Waals surface area (Å²) in [5, 5.41) is 0. The van der Waals surface area contributed by atoms with Crippen LogP contribution in [0.5, 0.6) is 0 Å². The van der Waals surface area contributed by atoms with E-state index in [1.165, 1.54) is 0 Å². The summed E-state index contributed by atoms with van der Waals surface area (Å²) in [6.07, 6.45) is 8.53. The zero-order valence-electron chi connectivity index (χ0n) is 10.3. The highest BCUT2D eigenvalue weighted by Crippen LogP contribution is 2.15. The van der Waals surface area contributed by atoms with Crippen molar-refractivity contribution in [3.8, 4) is 0 Å². The van der Waals surface area contributed by atoms with Gasteiger partial charge in [0, 0.05) is 13.4 Å². The first-order valence-electron chi connectivity index (χ1n) is 6.21. The highest BCUT2D eigenvalue weighted by Gasteiger charge is 2.12. The maximum absolute atomic E-state index is 11.8. The molecule has 2 heteroatoms. The molecule has 18 heavy (non-hydrogen) atoms. The van der Waals surface area contributed by atoms with Crippen LogP contribution in [0.3, 0.4) is 0 Å². The Labute approximate surface area is 109 Å². The summed E-state index contributed by atoms with van der Waals surface area (Å²) in [5.41, 5.74) is 1.64. The molecular weight excluding hydrogens is 224 g/mol. The molecule has 0 bridgehead atoms. The molecule has 2 rings (SSSR count). The second kappa shape index (κ2) is 6.10. The summed E-state index contributed by atoms with van der Waals surface area (Å²) in [7, 11) is 0. The minimum atomic E-state index is -0.0963. The van der Waals surface area contributed by atoms with E-state index in [9.17, 15) is 9.59 Å². The molecule has 2 nitrogen and oxygen atoms in total. The number of carbonyl (C=O) groups is 2. The van der Waals surface area contributed by atoms with Crippen molar-refractivity contribution < 1.29 is 11.0 Å². The number of ketones is 2. The first-order chi connectivity index (χ1) is 8.75. The van der Waals surface area contributed by atoms with Crippen LogP contribution in [0.25, 0.3) is 0 Å². The Morgan fingerprint density at radius 2 is 1.89 bits per heavy atom. The van der Waals surface area contributed by atoms with Gasteiger partial charge in [-0.3, -0.25) is 9.59 Å². The number of hydrogen-bond acceptors (Lipinski definition) is 2. The minimum absolute atomic E-state index is 0. The van der Waals surface area contributed by atoms with E-state index in [4.69, 9.17) is 0 Å². The molecule has 0 fully saturated rings. The Morgan fingerprint density at radius 1 is 1.11 bits per heavy atom. The van der Waals surface area contributed by atoms with E-state index in [0.717, 1.165) is 18.4 Å². The van der Waals surface area contributed by atoms with Crippen LogP contribution in [0, 0.1) is 0 Å². The Balaban J connectivity index is 0.00000180. The molecule has 0 saturated heterocycles. The van der Waals surface area contributed by atoms with Crippen molar-refractivity contribution >= 4 is 11.6 Å². The number of allylic oxidation sites excluding steroid dienone is 4. The summed E-state index contributed by atoms with van der Waals surface area (Å²) in [6, 6.07) is 8.97. The molecule has 0 unspecified atom stereocenters. The molecule has 0 radical (unpaired) electrons. The van der Waals surface area contributed by atoms with Gasteiger partial charge >= 0.3 is 0 Å². The van der Waals surface area contributed by atoms with Gasteiger partial charge in [0.05, 0.1) is 6.42 Å². The number of benzene rings is 1. The monoisotopic (exact) mass is 242 g/mol. The van der Waals surface area contributed by atoms with Crippen LogP contribution in [0.15, 0.2) is 54.1 Å². The molecule has 0 spiro atoms. The molecule has 1 aromatic rings. The van der Waals surface area contributed by atoms with Crippen molar-refractivity contribution in [2.75, 3.05) is 0 Å². The molecule has 0 saturated carbocycles. The van der Waals surface area contributed by atoms with Crippen molar-refractivity contribution in [3.63, 3.8) is 0 Å². The molecule has 1 aromatic carbocycles. The van der Waals surface area contributed by atoms with Crippen molar-refractivity contribution in [2.45, 2.75) is 25.7 Å². The predicted molar refractivity (Wildman–Crippen MR) is 73.6 cm³/mol. The van der Waals surface area contributed by atoms with E-state index in [1.54, 1.807) is 12.1 Å². The third kappa shape index (κ3) is 3.52. The van der Waals surface area contributed by atoms with Gasteiger partial charge in [-0.15, -0.1) is 0 Å². The average Bonchev–Trinajstić information content (AvgIpc) is 2.40. The predicted octanol–water partition coefficient (Wildman–Crippen LogP) is 3.74. The Kier molecular flexibility index (Phi) is 4.24. The van der Waals surface area contributed by atoms with Crippen LogP contribution in [-0.4, -0.2) is 11.6 Å². The fourth-order valence-electron chi connectivity index (χ4n) is 1.99. The first kappa shape index (κ1) is 12.5. The number of Topliss-reactive ketones (excluding diaryl/α,β-unsaturated/α-hetero) is 2.